The molecule has 27 heavy (non-hydrogen) atoms. The summed E-state index contributed by atoms with van der Waals surface area (Å²) in [5.74, 6) is 0.855. The summed E-state index contributed by atoms with van der Waals surface area (Å²) in [6.07, 6.45) is 8.58. The molecule has 3 aromatic rings. The van der Waals surface area contributed by atoms with Gasteiger partial charge in [0.05, 0.1) is 11.4 Å². The van der Waals surface area contributed by atoms with Gasteiger partial charge in [-0.25, -0.2) is 9.97 Å². The van der Waals surface area contributed by atoms with Crippen molar-refractivity contribution in [3.63, 3.8) is 0 Å². The molecule has 0 unspecified atom stereocenters. The van der Waals surface area contributed by atoms with Crippen LogP contribution < -0.4 is 0 Å². The van der Waals surface area contributed by atoms with Gasteiger partial charge in [0, 0.05) is 61.5 Å². The lowest BCUT2D eigenvalue weighted by Gasteiger charge is -2.28. The molecule has 2 aromatic heterocycles. The van der Waals surface area contributed by atoms with Crippen molar-refractivity contribution in [3.05, 3.63) is 58.8 Å². The van der Waals surface area contributed by atoms with Gasteiger partial charge in [-0.15, -0.1) is 0 Å². The first-order chi connectivity index (χ1) is 13.3. The Morgan fingerprint density at radius 1 is 1.19 bits per heavy atom. The van der Waals surface area contributed by atoms with Gasteiger partial charge in [0.15, 0.2) is 5.82 Å². The third-order valence-electron chi connectivity index (χ3n) is 5.71. The number of aromatic nitrogens is 3. The molecular weight excluding hydrogens is 334 g/mol. The van der Waals surface area contributed by atoms with Gasteiger partial charge in [-0.1, -0.05) is 12.1 Å². The molecule has 5 heteroatoms. The van der Waals surface area contributed by atoms with E-state index in [4.69, 9.17) is 4.98 Å². The molecule has 0 saturated carbocycles. The predicted molar refractivity (Wildman–Crippen MR) is 108 cm³/mol. The number of aryl methyl sites for hydroxylation is 1. The first-order valence-electron chi connectivity index (χ1n) is 9.94. The van der Waals surface area contributed by atoms with Gasteiger partial charge in [-0.2, -0.15) is 0 Å². The third-order valence-corrected chi connectivity index (χ3v) is 5.71. The fourth-order valence-corrected chi connectivity index (χ4v) is 4.20. The zero-order chi connectivity index (χ0) is 18.2. The maximum absolute atomic E-state index is 4.85. The second kappa shape index (κ2) is 6.89. The largest absolute Gasteiger partial charge is 0.361 e. The van der Waals surface area contributed by atoms with Crippen LogP contribution in [-0.2, 0) is 19.5 Å². The molecule has 138 valence electrons. The monoisotopic (exact) mass is 359 g/mol. The molecule has 2 aliphatic heterocycles. The molecular formula is C22H25N5. The highest BCUT2D eigenvalue weighted by Gasteiger charge is 2.21. The van der Waals surface area contributed by atoms with Gasteiger partial charge in [0.2, 0.25) is 0 Å². The van der Waals surface area contributed by atoms with Gasteiger partial charge in [0.25, 0.3) is 0 Å². The number of benzene rings is 1. The molecule has 2 aliphatic rings. The number of fused-ring (bicyclic) bond motifs is 2. The topological polar surface area (TPSA) is 57.2 Å². The zero-order valence-corrected chi connectivity index (χ0v) is 15.8. The number of nitrogens with one attached hydrogen (secondary N) is 1. The Morgan fingerprint density at radius 2 is 2.15 bits per heavy atom. The van der Waals surface area contributed by atoms with E-state index in [0.29, 0.717) is 0 Å². The molecule has 0 amide bonds. The molecule has 1 N–H and O–H groups in total. The van der Waals surface area contributed by atoms with Crippen LogP contribution in [0.1, 0.15) is 47.5 Å². The Morgan fingerprint density at radius 3 is 3.04 bits per heavy atom. The van der Waals surface area contributed by atoms with Crippen LogP contribution in [0.4, 0.5) is 0 Å². The summed E-state index contributed by atoms with van der Waals surface area (Å²) in [6.45, 7) is 5.97. The molecule has 0 radical (unpaired) electrons. The molecule has 5 nitrogen and oxygen atoms in total. The van der Waals surface area contributed by atoms with Crippen LogP contribution in [0.5, 0.6) is 0 Å². The highest BCUT2D eigenvalue weighted by molar-refractivity contribution is 5.97. The predicted octanol–water partition coefficient (Wildman–Crippen LogP) is 3.80. The van der Waals surface area contributed by atoms with E-state index < -0.39 is 0 Å². The van der Waals surface area contributed by atoms with Crippen molar-refractivity contribution < 1.29 is 0 Å². The molecule has 0 saturated heterocycles. The van der Waals surface area contributed by atoms with Crippen molar-refractivity contribution in [2.24, 2.45) is 4.99 Å². The lowest BCUT2D eigenvalue weighted by atomic mass is 10.0. The van der Waals surface area contributed by atoms with E-state index in [9.17, 15) is 0 Å². The molecule has 4 heterocycles. The average molecular weight is 359 g/mol. The fraction of sp³-hybridized carbons (Fsp3) is 0.409. The number of hydrogen-bond donors (Lipinski definition) is 1. The third kappa shape index (κ3) is 3.28. The maximum atomic E-state index is 4.85. The summed E-state index contributed by atoms with van der Waals surface area (Å²) >= 11 is 0. The lowest BCUT2D eigenvalue weighted by Crippen LogP contribution is -2.31. The van der Waals surface area contributed by atoms with E-state index in [1.54, 1.807) is 0 Å². The van der Waals surface area contributed by atoms with Gasteiger partial charge < -0.3 is 4.98 Å². The van der Waals surface area contributed by atoms with E-state index >= 15 is 0 Å². The highest BCUT2D eigenvalue weighted by atomic mass is 15.1. The SMILES string of the molecule is Cc1ccc2c(CN3CCc4nc(C5=NCCCC5)ncc4C3)c[nH]c2c1. The molecule has 1 aromatic carbocycles. The molecule has 5 rings (SSSR count). The number of H-pyrrole nitrogens is 1. The smallest absolute Gasteiger partial charge is 0.173 e. The Labute approximate surface area is 159 Å². The highest BCUT2D eigenvalue weighted by Crippen LogP contribution is 2.24. The van der Waals surface area contributed by atoms with E-state index in [1.165, 1.54) is 46.1 Å². The van der Waals surface area contributed by atoms with E-state index in [0.717, 1.165) is 50.6 Å². The normalized spacial score (nSPS) is 17.7. The van der Waals surface area contributed by atoms with Crippen molar-refractivity contribution in [3.8, 4) is 0 Å². The Kier molecular flexibility index (Phi) is 4.24. The number of aliphatic imine (C=N–C) groups is 1. The van der Waals surface area contributed by atoms with E-state index in [1.807, 2.05) is 6.20 Å². The number of rotatable bonds is 3. The maximum Gasteiger partial charge on any atom is 0.173 e. The van der Waals surface area contributed by atoms with E-state index in [2.05, 4.69) is 51.2 Å². The van der Waals surface area contributed by atoms with Crippen molar-refractivity contribution in [1.82, 2.24) is 19.9 Å². The number of aromatic amines is 1. The molecule has 0 bridgehead atoms. The second-order valence-electron chi connectivity index (χ2n) is 7.77. The summed E-state index contributed by atoms with van der Waals surface area (Å²) < 4.78 is 0. The van der Waals surface area contributed by atoms with Gasteiger partial charge in [-0.3, -0.25) is 9.89 Å². The summed E-state index contributed by atoms with van der Waals surface area (Å²) in [7, 11) is 0. The van der Waals surface area contributed by atoms with Crippen molar-refractivity contribution in [2.75, 3.05) is 13.1 Å². The van der Waals surface area contributed by atoms with Crippen molar-refractivity contribution >= 4 is 16.6 Å². The van der Waals surface area contributed by atoms with Crippen LogP contribution in [0.3, 0.4) is 0 Å². The molecule has 0 aliphatic carbocycles. The minimum absolute atomic E-state index is 0.855. The van der Waals surface area contributed by atoms with E-state index in [-0.39, 0.29) is 0 Å². The van der Waals surface area contributed by atoms with Gasteiger partial charge in [0.1, 0.15) is 0 Å². The van der Waals surface area contributed by atoms with Gasteiger partial charge >= 0.3 is 0 Å². The summed E-state index contributed by atoms with van der Waals surface area (Å²) in [4.78, 5) is 20.0. The van der Waals surface area contributed by atoms with Crippen LogP contribution in [0.15, 0.2) is 35.6 Å². The lowest BCUT2D eigenvalue weighted by molar-refractivity contribution is 0.243. The minimum Gasteiger partial charge on any atom is -0.361 e. The van der Waals surface area contributed by atoms with Crippen molar-refractivity contribution in [2.45, 2.75) is 45.7 Å². The summed E-state index contributed by atoms with van der Waals surface area (Å²) in [6, 6.07) is 6.64. The molecule has 0 atom stereocenters. The van der Waals surface area contributed by atoms with Crippen LogP contribution in [-0.4, -0.2) is 38.7 Å². The zero-order valence-electron chi connectivity index (χ0n) is 15.8. The Balaban J connectivity index is 1.34. The first-order valence-corrected chi connectivity index (χ1v) is 9.94. The Hall–Kier alpha value is -2.53. The summed E-state index contributed by atoms with van der Waals surface area (Å²) in [5.41, 5.74) is 7.45. The number of nitrogens with zero attached hydrogens (tertiary/aromatic N) is 4. The first kappa shape index (κ1) is 16.6. The van der Waals surface area contributed by atoms with Crippen LogP contribution in [0.2, 0.25) is 0 Å². The van der Waals surface area contributed by atoms with Crippen LogP contribution in [0, 0.1) is 6.92 Å². The second-order valence-corrected chi connectivity index (χ2v) is 7.77. The molecule has 0 fully saturated rings. The summed E-state index contributed by atoms with van der Waals surface area (Å²) in [5, 5.41) is 1.33. The fourth-order valence-electron chi connectivity index (χ4n) is 4.20. The quantitative estimate of drug-likeness (QED) is 0.774. The minimum atomic E-state index is 0.855. The Bertz CT molecular complexity index is 1020. The standard InChI is InChI=1S/C22H25N5/c1-15-5-6-18-16(11-24-21(18)10-15)13-27-9-7-19-17(14-27)12-25-22(26-19)20-4-2-3-8-23-20/h5-6,10-12,24H,2-4,7-9,13-14H2,1H3. The van der Waals surface area contributed by atoms with Crippen LogP contribution in [0.25, 0.3) is 10.9 Å². The number of hydrogen-bond acceptors (Lipinski definition) is 4. The van der Waals surface area contributed by atoms with Crippen molar-refractivity contribution in [1.29, 1.82) is 0 Å². The van der Waals surface area contributed by atoms with Crippen LogP contribution >= 0.6 is 0 Å². The molecule has 0 spiro atoms. The van der Waals surface area contributed by atoms with Gasteiger partial charge in [-0.05, 0) is 43.4 Å². The average Bonchev–Trinajstić information content (AvgIpc) is 3.10.